The lowest BCUT2D eigenvalue weighted by Gasteiger charge is -2.15. The Kier molecular flexibility index (Phi) is 51.6. The molecule has 0 aliphatic rings. The van der Waals surface area contributed by atoms with E-state index in [-0.39, 0.29) is 25.2 Å². The van der Waals surface area contributed by atoms with Crippen LogP contribution in [0.15, 0.2) is 146 Å². The molecule has 1 N–H and O–H groups in total. The lowest BCUT2D eigenvalue weighted by molar-refractivity contribution is -0.161. The zero-order valence-corrected chi connectivity index (χ0v) is 42.1. The first kappa shape index (κ1) is 61.8. The highest BCUT2D eigenvalue weighted by atomic mass is 16.6. The molecule has 66 heavy (non-hydrogen) atoms. The summed E-state index contributed by atoms with van der Waals surface area (Å²) < 4.78 is 10.6. The molecule has 0 bridgehead atoms. The maximum atomic E-state index is 12.3. The minimum absolute atomic E-state index is 0.104. The topological polar surface area (TPSA) is 72.8 Å². The van der Waals surface area contributed by atoms with Gasteiger partial charge in [-0.2, -0.15) is 0 Å². The minimum Gasteiger partial charge on any atom is -0.462 e. The van der Waals surface area contributed by atoms with Crippen molar-refractivity contribution in [1.29, 1.82) is 0 Å². The van der Waals surface area contributed by atoms with Gasteiger partial charge in [-0.05, 0) is 109 Å². The molecule has 0 fully saturated rings. The Morgan fingerprint density at radius 2 is 0.621 bits per heavy atom. The van der Waals surface area contributed by atoms with Crippen molar-refractivity contribution >= 4 is 11.9 Å². The maximum Gasteiger partial charge on any atom is 0.306 e. The lowest BCUT2D eigenvalue weighted by Crippen LogP contribution is -2.28. The SMILES string of the molecule is CC/C=C\C/C=C\C/C=C\C/C=C\C/C=C\C/C=C\C/C=C\CCCCCCCCCCCCCCCC(=O)OC(CO)COC(=O)CCC/C=C\C/C=C\C/C=C\C/C=C\C/C=C\CC. The summed E-state index contributed by atoms with van der Waals surface area (Å²) in [7, 11) is 0. The first-order valence-electron chi connectivity index (χ1n) is 26.4. The number of aliphatic hydroxyl groups excluding tert-OH is 1. The van der Waals surface area contributed by atoms with E-state index < -0.39 is 6.10 Å². The van der Waals surface area contributed by atoms with Crippen molar-refractivity contribution in [3.05, 3.63) is 146 Å². The number of ether oxygens (including phenoxy) is 2. The van der Waals surface area contributed by atoms with Crippen LogP contribution in [0.3, 0.4) is 0 Å². The Labute approximate surface area is 406 Å². The van der Waals surface area contributed by atoms with Crippen LogP contribution in [-0.2, 0) is 19.1 Å². The largest absolute Gasteiger partial charge is 0.462 e. The average molecular weight is 909 g/mol. The number of esters is 2. The molecule has 0 aromatic heterocycles. The van der Waals surface area contributed by atoms with Gasteiger partial charge in [0, 0.05) is 12.8 Å². The average Bonchev–Trinajstić information content (AvgIpc) is 3.32. The standard InChI is InChI=1S/C61H96O5/c1-3-5-7-9-11-13-15-17-19-21-22-23-24-25-26-27-28-29-30-31-32-33-34-35-36-37-38-40-42-44-46-48-50-52-54-56-61(64)66-59(57-62)58-65-60(63)55-53-51-49-47-45-43-41-39-20-18-16-14-12-10-8-6-4-2/h5-8,11-14,17-20,22-23,25-26,28-29,31-32,41,43,47,49,59,62H,3-4,9-10,15-16,21,24,27,30,33-40,42,44-46,48,50-58H2,1-2H3/b7-5-,8-6-,13-11-,14-12-,19-17-,20-18-,23-22-,26-25-,29-28-,32-31-,43-41-,49-47-. The summed E-state index contributed by atoms with van der Waals surface area (Å²) in [4.78, 5) is 24.4. The van der Waals surface area contributed by atoms with Gasteiger partial charge in [-0.1, -0.05) is 230 Å². The Morgan fingerprint density at radius 3 is 0.955 bits per heavy atom. The number of allylic oxidation sites excluding steroid dienone is 24. The predicted molar refractivity (Wildman–Crippen MR) is 287 cm³/mol. The third kappa shape index (κ3) is 52.4. The number of rotatable bonds is 46. The molecule has 0 spiro atoms. The number of unbranched alkanes of at least 4 members (excludes halogenated alkanes) is 14. The molecule has 0 aliphatic carbocycles. The second-order valence-electron chi connectivity index (χ2n) is 16.8. The summed E-state index contributed by atoms with van der Waals surface area (Å²) in [5.74, 6) is -0.670. The summed E-state index contributed by atoms with van der Waals surface area (Å²) in [6, 6.07) is 0. The fraction of sp³-hybridized carbons (Fsp3) is 0.574. The van der Waals surface area contributed by atoms with Crippen molar-refractivity contribution in [2.45, 2.75) is 213 Å². The number of hydrogen-bond acceptors (Lipinski definition) is 5. The summed E-state index contributed by atoms with van der Waals surface area (Å²) in [6.07, 6.45) is 83.8. The van der Waals surface area contributed by atoms with Gasteiger partial charge < -0.3 is 14.6 Å². The van der Waals surface area contributed by atoms with Gasteiger partial charge in [-0.15, -0.1) is 0 Å². The van der Waals surface area contributed by atoms with E-state index in [2.05, 4.69) is 160 Å². The van der Waals surface area contributed by atoms with E-state index in [1.165, 1.54) is 70.6 Å². The number of carbonyl (C=O) groups is 2. The van der Waals surface area contributed by atoms with Gasteiger partial charge in [-0.25, -0.2) is 0 Å². The van der Waals surface area contributed by atoms with Gasteiger partial charge in [-0.3, -0.25) is 9.59 Å². The van der Waals surface area contributed by atoms with Crippen LogP contribution in [0.1, 0.15) is 206 Å². The second-order valence-corrected chi connectivity index (χ2v) is 16.8. The Bertz CT molecular complexity index is 1450. The van der Waals surface area contributed by atoms with E-state index in [0.717, 1.165) is 103 Å². The quantitative estimate of drug-likeness (QED) is 0.0374. The summed E-state index contributed by atoms with van der Waals surface area (Å²) in [5, 5.41) is 9.62. The second kappa shape index (κ2) is 55.1. The molecule has 5 nitrogen and oxygen atoms in total. The van der Waals surface area contributed by atoms with Crippen LogP contribution in [0.25, 0.3) is 0 Å². The zero-order chi connectivity index (χ0) is 47.7. The van der Waals surface area contributed by atoms with Crippen LogP contribution in [0, 0.1) is 0 Å². The van der Waals surface area contributed by atoms with Crippen molar-refractivity contribution in [2.24, 2.45) is 0 Å². The van der Waals surface area contributed by atoms with E-state index in [1.807, 2.05) is 0 Å². The molecule has 0 aromatic rings. The van der Waals surface area contributed by atoms with Gasteiger partial charge >= 0.3 is 11.9 Å². The molecule has 0 heterocycles. The van der Waals surface area contributed by atoms with E-state index in [4.69, 9.17) is 9.47 Å². The predicted octanol–water partition coefficient (Wildman–Crippen LogP) is 17.9. The third-order valence-corrected chi connectivity index (χ3v) is 10.6. The van der Waals surface area contributed by atoms with Crippen LogP contribution >= 0.6 is 0 Å². The Hall–Kier alpha value is -4.22. The zero-order valence-electron chi connectivity index (χ0n) is 42.1. The molecular weight excluding hydrogens is 813 g/mol. The number of aliphatic hydroxyl groups is 1. The molecule has 0 saturated carbocycles. The fourth-order valence-corrected chi connectivity index (χ4v) is 6.75. The maximum absolute atomic E-state index is 12.3. The smallest absolute Gasteiger partial charge is 0.306 e. The third-order valence-electron chi connectivity index (χ3n) is 10.6. The highest BCUT2D eigenvalue weighted by molar-refractivity contribution is 5.70. The van der Waals surface area contributed by atoms with E-state index in [0.29, 0.717) is 19.3 Å². The molecule has 1 atom stereocenters. The molecule has 0 radical (unpaired) electrons. The van der Waals surface area contributed by atoms with Gasteiger partial charge in [0.25, 0.3) is 0 Å². The van der Waals surface area contributed by atoms with Gasteiger partial charge in [0.05, 0.1) is 6.61 Å². The number of hydrogen-bond donors (Lipinski definition) is 1. The van der Waals surface area contributed by atoms with Crippen molar-refractivity contribution in [3.63, 3.8) is 0 Å². The van der Waals surface area contributed by atoms with E-state index >= 15 is 0 Å². The Balaban J connectivity index is 3.60. The highest BCUT2D eigenvalue weighted by Gasteiger charge is 2.16. The van der Waals surface area contributed by atoms with Crippen molar-refractivity contribution in [1.82, 2.24) is 0 Å². The van der Waals surface area contributed by atoms with Crippen molar-refractivity contribution < 1.29 is 24.2 Å². The molecule has 0 rings (SSSR count). The summed E-state index contributed by atoms with van der Waals surface area (Å²) in [6.45, 7) is 3.85. The summed E-state index contributed by atoms with van der Waals surface area (Å²) >= 11 is 0. The van der Waals surface area contributed by atoms with Crippen LogP contribution in [0.2, 0.25) is 0 Å². The Morgan fingerprint density at radius 1 is 0.348 bits per heavy atom. The van der Waals surface area contributed by atoms with Crippen molar-refractivity contribution in [3.8, 4) is 0 Å². The molecule has 0 saturated heterocycles. The first-order chi connectivity index (χ1) is 32.6. The monoisotopic (exact) mass is 909 g/mol. The summed E-state index contributed by atoms with van der Waals surface area (Å²) in [5.41, 5.74) is 0. The fourth-order valence-electron chi connectivity index (χ4n) is 6.75. The van der Waals surface area contributed by atoms with Gasteiger partial charge in [0.2, 0.25) is 0 Å². The van der Waals surface area contributed by atoms with Gasteiger partial charge in [0.1, 0.15) is 6.61 Å². The van der Waals surface area contributed by atoms with E-state index in [9.17, 15) is 14.7 Å². The highest BCUT2D eigenvalue weighted by Crippen LogP contribution is 2.14. The van der Waals surface area contributed by atoms with Crippen molar-refractivity contribution in [2.75, 3.05) is 13.2 Å². The normalized spacial score (nSPS) is 13.4. The molecule has 0 aromatic carbocycles. The van der Waals surface area contributed by atoms with E-state index in [1.54, 1.807) is 0 Å². The lowest BCUT2D eigenvalue weighted by atomic mass is 10.0. The van der Waals surface area contributed by atoms with Crippen LogP contribution in [0.4, 0.5) is 0 Å². The molecule has 370 valence electrons. The van der Waals surface area contributed by atoms with Crippen LogP contribution in [-0.4, -0.2) is 36.4 Å². The van der Waals surface area contributed by atoms with Crippen LogP contribution < -0.4 is 0 Å². The van der Waals surface area contributed by atoms with Gasteiger partial charge in [0.15, 0.2) is 6.10 Å². The molecule has 0 aliphatic heterocycles. The molecule has 1 unspecified atom stereocenters. The molecule has 5 heteroatoms. The molecular formula is C61H96O5. The van der Waals surface area contributed by atoms with Crippen LogP contribution in [0.5, 0.6) is 0 Å². The number of carbonyl (C=O) groups excluding carboxylic acids is 2. The molecule has 0 amide bonds. The minimum atomic E-state index is -0.806. The first-order valence-corrected chi connectivity index (χ1v) is 26.4.